The Hall–Kier alpha value is -1.74. The van der Waals surface area contributed by atoms with Gasteiger partial charge in [-0.25, -0.2) is 0 Å². The number of pyridine rings is 2. The first-order valence-electron chi connectivity index (χ1n) is 7.31. The van der Waals surface area contributed by atoms with Gasteiger partial charge in [-0.15, -0.1) is 0 Å². The van der Waals surface area contributed by atoms with Crippen LogP contribution in [0.3, 0.4) is 0 Å². The topological polar surface area (TPSA) is 37.8 Å². The second kappa shape index (κ2) is 5.71. The van der Waals surface area contributed by atoms with Gasteiger partial charge in [-0.3, -0.25) is 9.97 Å². The molecule has 104 valence electrons. The summed E-state index contributed by atoms with van der Waals surface area (Å²) in [5, 5.41) is 3.78. The molecule has 4 atom stereocenters. The molecule has 0 saturated carbocycles. The highest BCUT2D eigenvalue weighted by Gasteiger charge is 2.33. The van der Waals surface area contributed by atoms with Crippen LogP contribution in [0.25, 0.3) is 0 Å². The summed E-state index contributed by atoms with van der Waals surface area (Å²) < 4.78 is 0. The van der Waals surface area contributed by atoms with Crippen LogP contribution in [0.2, 0.25) is 0 Å². The minimum Gasteiger partial charge on any atom is -0.307 e. The molecule has 0 amide bonds. The lowest BCUT2D eigenvalue weighted by molar-refractivity contribution is 0.227. The Balaban J connectivity index is 1.80. The van der Waals surface area contributed by atoms with E-state index >= 15 is 0 Å². The third-order valence-electron chi connectivity index (χ3n) is 4.44. The fraction of sp³-hybridized carbons (Fsp3) is 0.412. The van der Waals surface area contributed by atoms with E-state index < -0.39 is 0 Å². The van der Waals surface area contributed by atoms with Gasteiger partial charge < -0.3 is 5.32 Å². The van der Waals surface area contributed by atoms with Gasteiger partial charge in [-0.05, 0) is 60.6 Å². The van der Waals surface area contributed by atoms with Gasteiger partial charge in [-0.1, -0.05) is 6.92 Å². The lowest BCUT2D eigenvalue weighted by Gasteiger charge is -2.40. The average Bonchev–Trinajstić information content (AvgIpc) is 2.51. The Kier molecular flexibility index (Phi) is 3.79. The molecule has 0 radical (unpaired) electrons. The van der Waals surface area contributed by atoms with Gasteiger partial charge in [0.05, 0.1) is 0 Å². The van der Waals surface area contributed by atoms with Crippen LogP contribution in [0, 0.1) is 5.92 Å². The van der Waals surface area contributed by atoms with Crippen molar-refractivity contribution in [3.8, 4) is 0 Å². The standard InChI is InChI=1S/C17H21N3/c1-12-11-16(14-3-7-18-8-4-14)13(2)20-17(12)15-5-9-19-10-6-15/h3-10,12-13,16-17,20H,11H2,1-2H3. The summed E-state index contributed by atoms with van der Waals surface area (Å²) in [6, 6.07) is 9.41. The highest BCUT2D eigenvalue weighted by molar-refractivity contribution is 5.23. The molecule has 3 rings (SSSR count). The number of nitrogens with zero attached hydrogens (tertiary/aromatic N) is 2. The number of piperidine rings is 1. The Morgan fingerprint density at radius 1 is 0.900 bits per heavy atom. The molecule has 3 nitrogen and oxygen atoms in total. The van der Waals surface area contributed by atoms with Gasteiger partial charge >= 0.3 is 0 Å². The van der Waals surface area contributed by atoms with Gasteiger partial charge in [0.2, 0.25) is 0 Å². The Morgan fingerprint density at radius 2 is 1.45 bits per heavy atom. The molecule has 1 aliphatic heterocycles. The van der Waals surface area contributed by atoms with Crippen molar-refractivity contribution in [2.75, 3.05) is 0 Å². The first-order valence-corrected chi connectivity index (χ1v) is 7.31. The quantitative estimate of drug-likeness (QED) is 0.907. The molecule has 3 heteroatoms. The highest BCUT2D eigenvalue weighted by Crippen LogP contribution is 2.38. The molecule has 0 bridgehead atoms. The lowest BCUT2D eigenvalue weighted by Crippen LogP contribution is -2.44. The number of rotatable bonds is 2. The zero-order chi connectivity index (χ0) is 13.9. The predicted octanol–water partition coefficient (Wildman–Crippen LogP) is 3.32. The van der Waals surface area contributed by atoms with Gasteiger partial charge in [-0.2, -0.15) is 0 Å². The van der Waals surface area contributed by atoms with E-state index in [0.29, 0.717) is 23.9 Å². The van der Waals surface area contributed by atoms with E-state index in [-0.39, 0.29) is 0 Å². The molecule has 1 saturated heterocycles. The molecular formula is C17H21N3. The van der Waals surface area contributed by atoms with Crippen LogP contribution in [0.1, 0.15) is 43.4 Å². The zero-order valence-electron chi connectivity index (χ0n) is 12.0. The Bertz CT molecular complexity index is 489. The van der Waals surface area contributed by atoms with Gasteiger partial charge in [0.1, 0.15) is 0 Å². The van der Waals surface area contributed by atoms with Crippen molar-refractivity contribution in [1.82, 2.24) is 15.3 Å². The summed E-state index contributed by atoms with van der Waals surface area (Å²) in [4.78, 5) is 8.23. The van der Waals surface area contributed by atoms with Crippen molar-refractivity contribution in [3.05, 3.63) is 60.2 Å². The number of hydrogen-bond donors (Lipinski definition) is 1. The van der Waals surface area contributed by atoms with Crippen LogP contribution in [0.4, 0.5) is 0 Å². The zero-order valence-corrected chi connectivity index (χ0v) is 12.0. The van der Waals surface area contributed by atoms with Crippen molar-refractivity contribution in [3.63, 3.8) is 0 Å². The maximum absolute atomic E-state index is 4.12. The summed E-state index contributed by atoms with van der Waals surface area (Å²) in [6.07, 6.45) is 8.74. The molecule has 3 heterocycles. The first-order chi connectivity index (χ1) is 9.75. The van der Waals surface area contributed by atoms with Gasteiger partial charge in [0.15, 0.2) is 0 Å². The normalized spacial score (nSPS) is 30.1. The second-order valence-electron chi connectivity index (χ2n) is 5.81. The number of hydrogen-bond acceptors (Lipinski definition) is 3. The van der Waals surface area contributed by atoms with E-state index in [1.165, 1.54) is 17.5 Å². The van der Waals surface area contributed by atoms with E-state index in [4.69, 9.17) is 0 Å². The van der Waals surface area contributed by atoms with Crippen LogP contribution >= 0.6 is 0 Å². The van der Waals surface area contributed by atoms with Gasteiger partial charge in [0.25, 0.3) is 0 Å². The van der Waals surface area contributed by atoms with E-state index in [1.54, 1.807) is 0 Å². The van der Waals surface area contributed by atoms with Crippen molar-refractivity contribution >= 4 is 0 Å². The summed E-state index contributed by atoms with van der Waals surface area (Å²) in [6.45, 7) is 4.61. The molecule has 20 heavy (non-hydrogen) atoms. The molecule has 4 unspecified atom stereocenters. The molecule has 1 aliphatic rings. The van der Waals surface area contributed by atoms with Crippen LogP contribution in [-0.2, 0) is 0 Å². The molecular weight excluding hydrogens is 246 g/mol. The molecule has 1 fully saturated rings. The fourth-order valence-corrected chi connectivity index (χ4v) is 3.34. The predicted molar refractivity (Wildman–Crippen MR) is 80.3 cm³/mol. The second-order valence-corrected chi connectivity index (χ2v) is 5.81. The smallest absolute Gasteiger partial charge is 0.0349 e. The summed E-state index contributed by atoms with van der Waals surface area (Å²) >= 11 is 0. The van der Waals surface area contributed by atoms with Crippen LogP contribution in [0.5, 0.6) is 0 Å². The third-order valence-corrected chi connectivity index (χ3v) is 4.44. The monoisotopic (exact) mass is 267 g/mol. The fourth-order valence-electron chi connectivity index (χ4n) is 3.34. The maximum atomic E-state index is 4.12. The Morgan fingerprint density at radius 3 is 2.05 bits per heavy atom. The number of nitrogens with one attached hydrogen (secondary N) is 1. The average molecular weight is 267 g/mol. The Labute approximate surface area is 120 Å². The lowest BCUT2D eigenvalue weighted by atomic mass is 9.76. The summed E-state index contributed by atoms with van der Waals surface area (Å²) in [5.41, 5.74) is 2.73. The third kappa shape index (κ3) is 2.59. The van der Waals surface area contributed by atoms with Crippen molar-refractivity contribution in [2.24, 2.45) is 5.92 Å². The van der Waals surface area contributed by atoms with Crippen LogP contribution < -0.4 is 5.32 Å². The SMILES string of the molecule is CC1CC(c2ccncc2)C(C)NC1c1ccncc1. The van der Waals surface area contributed by atoms with Crippen molar-refractivity contribution in [1.29, 1.82) is 0 Å². The van der Waals surface area contributed by atoms with Crippen molar-refractivity contribution < 1.29 is 0 Å². The van der Waals surface area contributed by atoms with E-state index in [9.17, 15) is 0 Å². The number of aromatic nitrogens is 2. The van der Waals surface area contributed by atoms with Crippen LogP contribution in [-0.4, -0.2) is 16.0 Å². The first kappa shape index (κ1) is 13.3. The van der Waals surface area contributed by atoms with Gasteiger partial charge in [0, 0.05) is 36.9 Å². The van der Waals surface area contributed by atoms with Crippen LogP contribution in [0.15, 0.2) is 49.1 Å². The largest absolute Gasteiger partial charge is 0.307 e. The minimum absolute atomic E-state index is 0.422. The van der Waals surface area contributed by atoms with Crippen molar-refractivity contribution in [2.45, 2.75) is 38.3 Å². The highest BCUT2D eigenvalue weighted by atomic mass is 15.0. The molecule has 2 aromatic heterocycles. The maximum Gasteiger partial charge on any atom is 0.0349 e. The van der Waals surface area contributed by atoms with E-state index in [1.807, 2.05) is 24.8 Å². The summed E-state index contributed by atoms with van der Waals surface area (Å²) in [7, 11) is 0. The molecule has 2 aromatic rings. The molecule has 0 aliphatic carbocycles. The molecule has 1 N–H and O–H groups in total. The van der Waals surface area contributed by atoms with E-state index in [0.717, 1.165) is 0 Å². The summed E-state index contributed by atoms with van der Waals surface area (Å²) in [5.74, 6) is 1.16. The van der Waals surface area contributed by atoms with E-state index in [2.05, 4.69) is 53.4 Å². The molecule has 0 aromatic carbocycles. The molecule has 0 spiro atoms. The minimum atomic E-state index is 0.422.